The van der Waals surface area contributed by atoms with Crippen molar-refractivity contribution < 1.29 is 9.32 Å². The molecule has 0 radical (unpaired) electrons. The first-order chi connectivity index (χ1) is 12.0. The summed E-state index contributed by atoms with van der Waals surface area (Å²) >= 11 is 6.40. The average molecular weight is 361 g/mol. The van der Waals surface area contributed by atoms with E-state index < -0.39 is 0 Å². The van der Waals surface area contributed by atoms with Gasteiger partial charge in [-0.1, -0.05) is 16.8 Å². The minimum absolute atomic E-state index is 0.0281. The Morgan fingerprint density at radius 1 is 1.48 bits per heavy atom. The van der Waals surface area contributed by atoms with Gasteiger partial charge in [0.15, 0.2) is 0 Å². The summed E-state index contributed by atoms with van der Waals surface area (Å²) < 4.78 is 5.18. The fourth-order valence-corrected chi connectivity index (χ4v) is 3.32. The second-order valence-electron chi connectivity index (χ2n) is 6.31. The number of halogens is 1. The van der Waals surface area contributed by atoms with E-state index in [-0.39, 0.29) is 17.6 Å². The molecule has 0 aromatic carbocycles. The molecule has 0 saturated carbocycles. The van der Waals surface area contributed by atoms with Crippen molar-refractivity contribution in [1.82, 2.24) is 29.9 Å². The summed E-state index contributed by atoms with van der Waals surface area (Å²) in [7, 11) is 4.02. The third kappa shape index (κ3) is 2.77. The number of H-pyrrole nitrogens is 1. The van der Waals surface area contributed by atoms with E-state index in [1.54, 1.807) is 17.3 Å². The monoisotopic (exact) mass is 360 g/mol. The molecule has 0 aliphatic carbocycles. The largest absolute Gasteiger partial charge is 0.346 e. The molecule has 1 atom stereocenters. The van der Waals surface area contributed by atoms with E-state index in [0.717, 1.165) is 11.8 Å². The Balaban J connectivity index is 1.59. The minimum Gasteiger partial charge on any atom is -0.346 e. The smallest absolute Gasteiger partial charge is 0.316 e. The Labute approximate surface area is 148 Å². The number of hydrogen-bond donors (Lipinski definition) is 1. The molecule has 1 aliphatic rings. The second kappa shape index (κ2) is 6.12. The highest BCUT2D eigenvalue weighted by Gasteiger charge is 2.31. The molecule has 1 fully saturated rings. The highest BCUT2D eigenvalue weighted by Crippen LogP contribution is 2.31. The number of nitrogens with one attached hydrogen (secondary N) is 1. The van der Waals surface area contributed by atoms with Crippen LogP contribution >= 0.6 is 11.6 Å². The molecule has 130 valence electrons. The molecule has 3 aromatic heterocycles. The quantitative estimate of drug-likeness (QED) is 0.768. The number of fused-ring (bicyclic) bond motifs is 1. The SMILES string of the molecule is CN(C)[C@H]1CCN(C(=O)c2nc(-c3cnc4[nH]ccc4c3Cl)no2)C1. The Kier molecular flexibility index (Phi) is 3.93. The summed E-state index contributed by atoms with van der Waals surface area (Å²) in [6, 6.07) is 2.17. The first-order valence-electron chi connectivity index (χ1n) is 7.96. The zero-order valence-electron chi connectivity index (χ0n) is 13.9. The van der Waals surface area contributed by atoms with Crippen LogP contribution in [0, 0.1) is 0 Å². The molecule has 1 saturated heterocycles. The number of aromatic amines is 1. The zero-order valence-corrected chi connectivity index (χ0v) is 14.6. The number of hydrogen-bond acceptors (Lipinski definition) is 6. The van der Waals surface area contributed by atoms with E-state index >= 15 is 0 Å². The van der Waals surface area contributed by atoms with Crippen LogP contribution in [-0.2, 0) is 0 Å². The Morgan fingerprint density at radius 3 is 3.08 bits per heavy atom. The molecule has 1 N–H and O–H groups in total. The molecule has 4 heterocycles. The van der Waals surface area contributed by atoms with E-state index in [0.29, 0.717) is 35.4 Å². The maximum atomic E-state index is 12.6. The molecule has 3 aromatic rings. The standard InChI is InChI=1S/C16H17ClN6O2/c1-22(2)9-4-6-23(8-9)16(24)15-20-14(21-25-15)11-7-19-13-10(12(11)17)3-5-18-13/h3,5,7,9H,4,6,8H2,1-2H3,(H,18,19)/t9-/m0/s1. The number of carbonyl (C=O) groups is 1. The molecule has 8 nitrogen and oxygen atoms in total. The number of pyridine rings is 1. The lowest BCUT2D eigenvalue weighted by atomic mass is 10.2. The van der Waals surface area contributed by atoms with Crippen molar-refractivity contribution in [3.05, 3.63) is 29.4 Å². The van der Waals surface area contributed by atoms with Gasteiger partial charge >= 0.3 is 11.8 Å². The van der Waals surface area contributed by atoms with Gasteiger partial charge in [-0.2, -0.15) is 4.98 Å². The van der Waals surface area contributed by atoms with Crippen molar-refractivity contribution in [3.63, 3.8) is 0 Å². The maximum Gasteiger partial charge on any atom is 0.316 e. The maximum absolute atomic E-state index is 12.6. The van der Waals surface area contributed by atoms with Crippen LogP contribution in [0.3, 0.4) is 0 Å². The van der Waals surface area contributed by atoms with Gasteiger partial charge in [0, 0.05) is 36.9 Å². The fraction of sp³-hybridized carbons (Fsp3) is 0.375. The van der Waals surface area contributed by atoms with E-state index in [1.807, 2.05) is 20.2 Å². The molecule has 9 heteroatoms. The summed E-state index contributed by atoms with van der Waals surface area (Å²) in [5.41, 5.74) is 1.21. The third-order valence-electron chi connectivity index (χ3n) is 4.55. The highest BCUT2D eigenvalue weighted by molar-refractivity contribution is 6.37. The number of aromatic nitrogens is 4. The third-order valence-corrected chi connectivity index (χ3v) is 4.96. The predicted octanol–water partition coefficient (Wildman–Crippen LogP) is 2.04. The molecule has 0 bridgehead atoms. The van der Waals surface area contributed by atoms with E-state index in [9.17, 15) is 4.79 Å². The number of likely N-dealkylation sites (N-methyl/N-ethyl adjacent to an activating group) is 1. The second-order valence-corrected chi connectivity index (χ2v) is 6.68. The Morgan fingerprint density at radius 2 is 2.32 bits per heavy atom. The number of rotatable bonds is 3. The number of likely N-dealkylation sites (tertiary alicyclic amines) is 1. The van der Waals surface area contributed by atoms with Gasteiger partial charge in [0.25, 0.3) is 0 Å². The first-order valence-corrected chi connectivity index (χ1v) is 8.33. The lowest BCUT2D eigenvalue weighted by molar-refractivity contribution is 0.0733. The van der Waals surface area contributed by atoms with E-state index in [4.69, 9.17) is 16.1 Å². The summed E-state index contributed by atoms with van der Waals surface area (Å²) in [4.78, 5) is 27.9. The van der Waals surface area contributed by atoms with Gasteiger partial charge in [-0.3, -0.25) is 4.79 Å². The molecule has 1 amide bonds. The van der Waals surface area contributed by atoms with Crippen molar-refractivity contribution in [1.29, 1.82) is 0 Å². The van der Waals surface area contributed by atoms with Crippen LogP contribution in [0.1, 0.15) is 17.1 Å². The Hall–Kier alpha value is -2.45. The number of nitrogens with zero attached hydrogens (tertiary/aromatic N) is 5. The fourth-order valence-electron chi connectivity index (χ4n) is 3.03. The van der Waals surface area contributed by atoms with Crippen LogP contribution in [0.4, 0.5) is 0 Å². The zero-order chi connectivity index (χ0) is 17.6. The summed E-state index contributed by atoms with van der Waals surface area (Å²) in [6.07, 6.45) is 4.25. The topological polar surface area (TPSA) is 91.2 Å². The van der Waals surface area contributed by atoms with Gasteiger partial charge in [-0.15, -0.1) is 0 Å². The van der Waals surface area contributed by atoms with Crippen molar-refractivity contribution in [2.24, 2.45) is 0 Å². The van der Waals surface area contributed by atoms with Crippen LogP contribution in [0.25, 0.3) is 22.4 Å². The normalized spacial score (nSPS) is 17.8. The van der Waals surface area contributed by atoms with Gasteiger partial charge in [0.2, 0.25) is 5.82 Å². The minimum atomic E-state index is -0.255. The lowest BCUT2D eigenvalue weighted by Gasteiger charge is -2.19. The molecule has 0 spiro atoms. The number of amides is 1. The first kappa shape index (κ1) is 16.0. The molecule has 1 aliphatic heterocycles. The van der Waals surface area contributed by atoms with Gasteiger partial charge in [0.05, 0.1) is 10.6 Å². The lowest BCUT2D eigenvalue weighted by Crippen LogP contribution is -2.34. The van der Waals surface area contributed by atoms with Crippen LogP contribution in [0.5, 0.6) is 0 Å². The van der Waals surface area contributed by atoms with Gasteiger partial charge in [-0.05, 0) is 26.6 Å². The Bertz CT molecular complexity index is 934. The van der Waals surface area contributed by atoms with Gasteiger partial charge in [0.1, 0.15) is 5.65 Å². The van der Waals surface area contributed by atoms with Crippen LogP contribution in [0.2, 0.25) is 5.02 Å². The van der Waals surface area contributed by atoms with Gasteiger partial charge < -0.3 is 19.3 Å². The van der Waals surface area contributed by atoms with E-state index in [2.05, 4.69) is 25.0 Å². The van der Waals surface area contributed by atoms with Crippen LogP contribution in [0.15, 0.2) is 23.0 Å². The van der Waals surface area contributed by atoms with Crippen LogP contribution < -0.4 is 0 Å². The molecule has 0 unspecified atom stereocenters. The number of carbonyl (C=O) groups excluding carboxylic acids is 1. The van der Waals surface area contributed by atoms with Gasteiger partial charge in [-0.25, -0.2) is 4.98 Å². The van der Waals surface area contributed by atoms with Crippen molar-refractivity contribution >= 4 is 28.5 Å². The summed E-state index contributed by atoms with van der Waals surface area (Å²) in [6.45, 7) is 1.33. The van der Waals surface area contributed by atoms with Crippen molar-refractivity contribution in [2.75, 3.05) is 27.2 Å². The summed E-state index contributed by atoms with van der Waals surface area (Å²) in [5.74, 6) is -0.0261. The average Bonchev–Trinajstić information content (AvgIpc) is 3.34. The van der Waals surface area contributed by atoms with E-state index in [1.165, 1.54) is 0 Å². The molecular formula is C16H17ClN6O2. The highest BCUT2D eigenvalue weighted by atomic mass is 35.5. The summed E-state index contributed by atoms with van der Waals surface area (Å²) in [5, 5.41) is 5.15. The molecular weight excluding hydrogens is 344 g/mol. The van der Waals surface area contributed by atoms with Crippen molar-refractivity contribution in [3.8, 4) is 11.4 Å². The molecule has 4 rings (SSSR count). The van der Waals surface area contributed by atoms with Crippen LogP contribution in [-0.4, -0.2) is 69.0 Å². The predicted molar refractivity (Wildman–Crippen MR) is 92.4 cm³/mol. The van der Waals surface area contributed by atoms with Crippen molar-refractivity contribution in [2.45, 2.75) is 12.5 Å². The molecule has 25 heavy (non-hydrogen) atoms.